The molecule has 1 atom stereocenters. The molecule has 3 aromatic rings. The molecule has 0 saturated carbocycles. The van der Waals surface area contributed by atoms with E-state index in [2.05, 4.69) is 30.7 Å². The lowest BCUT2D eigenvalue weighted by Gasteiger charge is -2.16. The average Bonchev–Trinajstić information content (AvgIpc) is 3.43. The van der Waals surface area contributed by atoms with Gasteiger partial charge < -0.3 is 15.4 Å². The van der Waals surface area contributed by atoms with Crippen LogP contribution in [0.25, 0.3) is 5.69 Å². The molecule has 1 unspecified atom stereocenters. The smallest absolute Gasteiger partial charge is 0.350 e. The van der Waals surface area contributed by atoms with Crippen LogP contribution < -0.4 is 10.6 Å². The third-order valence-electron chi connectivity index (χ3n) is 4.38. The number of carbonyl (C=O) groups excluding carboxylic acids is 1. The zero-order valence-electron chi connectivity index (χ0n) is 18.1. The minimum atomic E-state index is -0.328. The first kappa shape index (κ1) is 22.4. The fourth-order valence-electron chi connectivity index (χ4n) is 2.84. The van der Waals surface area contributed by atoms with Gasteiger partial charge in [0.25, 0.3) is 0 Å². The second-order valence-corrected chi connectivity index (χ2v) is 7.79. The minimum Gasteiger partial charge on any atom is -0.462 e. The molecule has 0 amide bonds. The van der Waals surface area contributed by atoms with Gasteiger partial charge in [-0.3, -0.25) is 0 Å². The number of carbonyl (C=O) groups is 1. The summed E-state index contributed by atoms with van der Waals surface area (Å²) < 4.78 is 6.82. The van der Waals surface area contributed by atoms with Gasteiger partial charge in [-0.15, -0.1) is 11.3 Å². The number of hydrogen-bond acceptors (Lipinski definition) is 7. The van der Waals surface area contributed by atoms with Crippen molar-refractivity contribution in [2.24, 2.45) is 4.99 Å². The predicted molar refractivity (Wildman–Crippen MR) is 121 cm³/mol. The lowest BCUT2D eigenvalue weighted by atomic mass is 10.2. The van der Waals surface area contributed by atoms with Gasteiger partial charge in [-0.05, 0) is 45.4 Å². The van der Waals surface area contributed by atoms with Gasteiger partial charge in [0.15, 0.2) is 5.96 Å². The Bertz CT molecular complexity index is 1010. The zero-order chi connectivity index (χ0) is 22.2. The number of guanidine groups is 1. The number of rotatable bonds is 8. The number of esters is 1. The molecule has 0 bridgehead atoms. The Morgan fingerprint density at radius 1 is 1.29 bits per heavy atom. The van der Waals surface area contributed by atoms with E-state index in [-0.39, 0.29) is 12.0 Å². The Labute approximate surface area is 185 Å². The van der Waals surface area contributed by atoms with E-state index in [1.807, 2.05) is 45.0 Å². The molecule has 0 aliphatic rings. The van der Waals surface area contributed by atoms with Gasteiger partial charge in [0, 0.05) is 6.54 Å². The molecule has 164 valence electrons. The van der Waals surface area contributed by atoms with Crippen LogP contribution in [0.4, 0.5) is 0 Å². The molecule has 0 spiro atoms. The number of aliphatic imine (C=N–C) groups is 1. The molecular formula is C21H27N7O2S. The topological polar surface area (TPSA) is 106 Å². The lowest BCUT2D eigenvalue weighted by Crippen LogP contribution is -2.38. The fraction of sp³-hybridized carbons (Fsp3) is 0.381. The molecular weight excluding hydrogens is 414 g/mol. The second kappa shape index (κ2) is 10.7. The minimum absolute atomic E-state index is 0.112. The molecule has 31 heavy (non-hydrogen) atoms. The molecule has 10 heteroatoms. The third kappa shape index (κ3) is 5.88. The summed E-state index contributed by atoms with van der Waals surface area (Å²) in [4.78, 5) is 25.8. The van der Waals surface area contributed by atoms with Crippen LogP contribution in [0.5, 0.6) is 0 Å². The molecule has 0 radical (unpaired) electrons. The van der Waals surface area contributed by atoms with Crippen molar-refractivity contribution in [3.8, 4) is 5.69 Å². The van der Waals surface area contributed by atoms with Crippen LogP contribution in [0.1, 0.15) is 52.7 Å². The number of benzene rings is 1. The monoisotopic (exact) mass is 441 g/mol. The van der Waals surface area contributed by atoms with Gasteiger partial charge in [0.2, 0.25) is 0 Å². The van der Waals surface area contributed by atoms with Crippen LogP contribution in [0.2, 0.25) is 0 Å². The van der Waals surface area contributed by atoms with Crippen molar-refractivity contribution in [3.63, 3.8) is 0 Å². The summed E-state index contributed by atoms with van der Waals surface area (Å²) >= 11 is 1.35. The van der Waals surface area contributed by atoms with Gasteiger partial charge in [-0.1, -0.05) is 12.1 Å². The van der Waals surface area contributed by atoms with Crippen molar-refractivity contribution in [2.75, 3.05) is 13.2 Å². The average molecular weight is 442 g/mol. The van der Waals surface area contributed by atoms with E-state index in [0.717, 1.165) is 22.8 Å². The van der Waals surface area contributed by atoms with Crippen molar-refractivity contribution in [3.05, 3.63) is 58.1 Å². The number of aryl methyl sites for hydroxylation is 1. The molecule has 0 saturated heterocycles. The summed E-state index contributed by atoms with van der Waals surface area (Å²) in [6, 6.07) is 7.89. The number of hydrogen-bond donors (Lipinski definition) is 2. The normalized spacial score (nSPS) is 12.5. The van der Waals surface area contributed by atoms with Crippen LogP contribution in [-0.2, 0) is 11.3 Å². The van der Waals surface area contributed by atoms with Crippen LogP contribution in [0.15, 0.2) is 41.9 Å². The van der Waals surface area contributed by atoms with Gasteiger partial charge in [0.05, 0.1) is 30.6 Å². The molecule has 0 aliphatic heterocycles. The second-order valence-electron chi connectivity index (χ2n) is 6.75. The number of nitrogens with one attached hydrogen (secondary N) is 2. The van der Waals surface area contributed by atoms with E-state index in [1.54, 1.807) is 17.9 Å². The van der Waals surface area contributed by atoms with Crippen LogP contribution >= 0.6 is 11.3 Å². The number of nitrogens with zero attached hydrogens (tertiary/aromatic N) is 5. The SMILES string of the molecule is CCNC(=NCc1ccc(-n2cncn2)cc1)NC(C)c1nc(C)c(C(=O)OCC)s1. The van der Waals surface area contributed by atoms with Crippen LogP contribution in [0.3, 0.4) is 0 Å². The van der Waals surface area contributed by atoms with E-state index in [4.69, 9.17) is 4.74 Å². The van der Waals surface area contributed by atoms with Gasteiger partial charge in [-0.2, -0.15) is 5.10 Å². The van der Waals surface area contributed by atoms with Gasteiger partial charge in [-0.25, -0.2) is 24.4 Å². The Morgan fingerprint density at radius 3 is 2.71 bits per heavy atom. The zero-order valence-corrected chi connectivity index (χ0v) is 18.9. The Balaban J connectivity index is 1.67. The first-order valence-electron chi connectivity index (χ1n) is 10.1. The standard InChI is InChI=1S/C21H27N7O2S/c1-5-23-21(24-11-16-7-9-17(10-8-16)28-13-22-12-25-28)27-15(4)19-26-14(3)18(31-19)20(29)30-6-2/h7-10,12-13,15H,5-6,11H2,1-4H3,(H2,23,24,27). The van der Waals surface area contributed by atoms with Gasteiger partial charge >= 0.3 is 5.97 Å². The maximum Gasteiger partial charge on any atom is 0.350 e. The van der Waals surface area contributed by atoms with Crippen molar-refractivity contribution < 1.29 is 9.53 Å². The van der Waals surface area contributed by atoms with E-state index < -0.39 is 0 Å². The van der Waals surface area contributed by atoms with Crippen molar-refractivity contribution in [2.45, 2.75) is 40.3 Å². The maximum absolute atomic E-state index is 12.1. The molecule has 3 rings (SSSR count). The summed E-state index contributed by atoms with van der Waals surface area (Å²) in [5, 5.41) is 11.6. The van der Waals surface area contributed by atoms with E-state index in [0.29, 0.717) is 29.7 Å². The van der Waals surface area contributed by atoms with E-state index in [1.165, 1.54) is 17.7 Å². The Hall–Kier alpha value is -3.27. The maximum atomic E-state index is 12.1. The van der Waals surface area contributed by atoms with Gasteiger partial charge in [0.1, 0.15) is 22.5 Å². The van der Waals surface area contributed by atoms with Crippen molar-refractivity contribution >= 4 is 23.3 Å². The number of thiazole rings is 1. The number of ether oxygens (including phenoxy) is 1. The molecule has 2 N–H and O–H groups in total. The lowest BCUT2D eigenvalue weighted by molar-refractivity contribution is 0.0531. The predicted octanol–water partition coefficient (Wildman–Crippen LogP) is 3.03. The summed E-state index contributed by atoms with van der Waals surface area (Å²) in [6.45, 7) is 9.21. The van der Waals surface area contributed by atoms with Crippen molar-refractivity contribution in [1.82, 2.24) is 30.4 Å². The van der Waals surface area contributed by atoms with E-state index in [9.17, 15) is 4.79 Å². The summed E-state index contributed by atoms with van der Waals surface area (Å²) in [5.74, 6) is 0.353. The highest BCUT2D eigenvalue weighted by atomic mass is 32.1. The quantitative estimate of drug-likeness (QED) is 0.314. The van der Waals surface area contributed by atoms with Crippen LogP contribution in [0, 0.1) is 6.92 Å². The van der Waals surface area contributed by atoms with Crippen molar-refractivity contribution in [1.29, 1.82) is 0 Å². The highest BCUT2D eigenvalue weighted by molar-refractivity contribution is 7.13. The molecule has 0 aliphatic carbocycles. The molecule has 0 fully saturated rings. The summed E-state index contributed by atoms with van der Waals surface area (Å²) in [7, 11) is 0. The largest absolute Gasteiger partial charge is 0.462 e. The first-order valence-corrected chi connectivity index (χ1v) is 11.0. The number of aromatic nitrogens is 4. The third-order valence-corrected chi connectivity index (χ3v) is 5.70. The first-order chi connectivity index (χ1) is 15.0. The summed E-state index contributed by atoms with van der Waals surface area (Å²) in [5.41, 5.74) is 2.70. The Morgan fingerprint density at radius 2 is 2.06 bits per heavy atom. The summed E-state index contributed by atoms with van der Waals surface area (Å²) in [6.07, 6.45) is 3.17. The molecule has 2 heterocycles. The highest BCUT2D eigenvalue weighted by Gasteiger charge is 2.20. The van der Waals surface area contributed by atoms with Crippen LogP contribution in [-0.4, -0.2) is 44.8 Å². The molecule has 2 aromatic heterocycles. The molecule has 9 nitrogen and oxygen atoms in total. The Kier molecular flexibility index (Phi) is 7.71. The highest BCUT2D eigenvalue weighted by Crippen LogP contribution is 2.24. The fourth-order valence-corrected chi connectivity index (χ4v) is 3.80. The van der Waals surface area contributed by atoms with E-state index >= 15 is 0 Å². The molecule has 1 aromatic carbocycles.